The molecule has 3 nitrogen and oxygen atoms in total. The molecule has 1 aliphatic rings. The maximum Gasteiger partial charge on any atom is 0.227 e. The molecule has 1 aliphatic heterocycles. The predicted octanol–water partition coefficient (Wildman–Crippen LogP) is 2.64. The van der Waals surface area contributed by atoms with Gasteiger partial charge in [-0.25, -0.2) is 0 Å². The fourth-order valence-corrected chi connectivity index (χ4v) is 2.24. The summed E-state index contributed by atoms with van der Waals surface area (Å²) in [4.78, 5) is 13.7. The molecule has 1 N–H and O–H groups in total. The van der Waals surface area contributed by atoms with E-state index >= 15 is 0 Å². The van der Waals surface area contributed by atoms with Crippen molar-refractivity contribution in [3.8, 4) is 5.75 Å². The fourth-order valence-electron chi connectivity index (χ4n) is 2.24. The fraction of sp³-hybridized carbons (Fsp3) is 0.357. The summed E-state index contributed by atoms with van der Waals surface area (Å²) in [6.07, 6.45) is 4.76. The average Bonchev–Trinajstić information content (AvgIpc) is 2.35. The Morgan fingerprint density at radius 3 is 3.12 bits per heavy atom. The first-order valence-corrected chi connectivity index (χ1v) is 5.96. The van der Waals surface area contributed by atoms with E-state index in [1.54, 1.807) is 17.0 Å². The number of aromatic hydroxyl groups is 1. The third kappa shape index (κ3) is 2.33. The van der Waals surface area contributed by atoms with Crippen molar-refractivity contribution in [2.75, 3.05) is 11.4 Å². The molecule has 0 aliphatic carbocycles. The number of allylic oxidation sites excluding steroid dienone is 1. The third-order valence-corrected chi connectivity index (χ3v) is 3.06. The van der Waals surface area contributed by atoms with Crippen LogP contribution in [-0.4, -0.2) is 17.6 Å². The predicted molar refractivity (Wildman–Crippen MR) is 68.2 cm³/mol. The van der Waals surface area contributed by atoms with Crippen LogP contribution in [0.15, 0.2) is 30.9 Å². The highest BCUT2D eigenvalue weighted by Crippen LogP contribution is 2.35. The van der Waals surface area contributed by atoms with E-state index in [1.807, 2.05) is 12.1 Å². The second-order valence-electron chi connectivity index (χ2n) is 4.26. The molecule has 0 unspecified atom stereocenters. The Balaban J connectivity index is 2.27. The van der Waals surface area contributed by atoms with E-state index in [0.717, 1.165) is 18.4 Å². The summed E-state index contributed by atoms with van der Waals surface area (Å²) < 4.78 is 0. The van der Waals surface area contributed by atoms with E-state index < -0.39 is 0 Å². The molecule has 2 rings (SSSR count). The summed E-state index contributed by atoms with van der Waals surface area (Å²) in [5.41, 5.74) is 1.76. The monoisotopic (exact) mass is 231 g/mol. The first-order chi connectivity index (χ1) is 8.24. The Morgan fingerprint density at radius 2 is 2.35 bits per heavy atom. The normalized spacial score (nSPS) is 14.2. The highest BCUT2D eigenvalue weighted by Gasteiger charge is 2.24. The van der Waals surface area contributed by atoms with Crippen LogP contribution in [-0.2, 0) is 11.2 Å². The van der Waals surface area contributed by atoms with Crippen molar-refractivity contribution in [3.63, 3.8) is 0 Å². The zero-order valence-corrected chi connectivity index (χ0v) is 9.85. The van der Waals surface area contributed by atoms with Gasteiger partial charge in [-0.15, -0.1) is 6.58 Å². The van der Waals surface area contributed by atoms with Gasteiger partial charge in [0.15, 0.2) is 0 Å². The standard InChI is InChI=1S/C14H17NO2/c1-2-3-9-13(17)15-10-5-7-11-6-4-8-12(16)14(11)15/h2,4,6,8,16H,1,3,5,7,9-10H2. The summed E-state index contributed by atoms with van der Waals surface area (Å²) in [7, 11) is 0. The zero-order chi connectivity index (χ0) is 12.3. The summed E-state index contributed by atoms with van der Waals surface area (Å²) in [6.45, 7) is 4.31. The lowest BCUT2D eigenvalue weighted by Crippen LogP contribution is -2.35. The van der Waals surface area contributed by atoms with Crippen LogP contribution in [0.5, 0.6) is 5.75 Å². The van der Waals surface area contributed by atoms with E-state index in [2.05, 4.69) is 6.58 Å². The van der Waals surface area contributed by atoms with E-state index in [0.29, 0.717) is 25.1 Å². The number of amides is 1. The largest absolute Gasteiger partial charge is 0.506 e. The number of para-hydroxylation sites is 1. The molecule has 0 radical (unpaired) electrons. The van der Waals surface area contributed by atoms with Gasteiger partial charge in [-0.05, 0) is 30.9 Å². The minimum absolute atomic E-state index is 0.0624. The highest BCUT2D eigenvalue weighted by molar-refractivity contribution is 5.96. The van der Waals surface area contributed by atoms with Crippen LogP contribution in [0.2, 0.25) is 0 Å². The van der Waals surface area contributed by atoms with Crippen molar-refractivity contribution in [1.82, 2.24) is 0 Å². The number of nitrogens with zero attached hydrogens (tertiary/aromatic N) is 1. The number of carbonyl (C=O) groups excluding carboxylic acids is 1. The van der Waals surface area contributed by atoms with Crippen LogP contribution < -0.4 is 4.90 Å². The molecule has 17 heavy (non-hydrogen) atoms. The summed E-state index contributed by atoms with van der Waals surface area (Å²) in [5, 5.41) is 9.89. The molecule has 3 heteroatoms. The Hall–Kier alpha value is -1.77. The molecule has 1 aromatic rings. The molecule has 0 bridgehead atoms. The van der Waals surface area contributed by atoms with Gasteiger partial charge >= 0.3 is 0 Å². The molecule has 0 saturated heterocycles. The number of phenolic OH excluding ortho intramolecular Hbond substituents is 1. The molecule has 90 valence electrons. The van der Waals surface area contributed by atoms with Crippen molar-refractivity contribution in [3.05, 3.63) is 36.4 Å². The lowest BCUT2D eigenvalue weighted by Gasteiger charge is -2.30. The Labute approximate surface area is 101 Å². The number of anilines is 1. The van der Waals surface area contributed by atoms with Crippen molar-refractivity contribution < 1.29 is 9.90 Å². The number of carbonyl (C=O) groups is 1. The second kappa shape index (κ2) is 5.04. The molecule has 0 saturated carbocycles. The van der Waals surface area contributed by atoms with Gasteiger partial charge in [0.25, 0.3) is 0 Å². The van der Waals surface area contributed by atoms with Crippen LogP contribution in [0, 0.1) is 0 Å². The van der Waals surface area contributed by atoms with Crippen LogP contribution in [0.4, 0.5) is 5.69 Å². The Morgan fingerprint density at radius 1 is 1.53 bits per heavy atom. The quantitative estimate of drug-likeness (QED) is 0.812. The molecule has 0 atom stereocenters. The minimum atomic E-state index is 0.0624. The van der Waals surface area contributed by atoms with Gasteiger partial charge in [0.2, 0.25) is 5.91 Å². The number of benzene rings is 1. The van der Waals surface area contributed by atoms with Crippen LogP contribution in [0.3, 0.4) is 0 Å². The molecule has 0 aromatic heterocycles. The van der Waals surface area contributed by atoms with E-state index in [9.17, 15) is 9.90 Å². The lowest BCUT2D eigenvalue weighted by molar-refractivity contribution is -0.118. The number of phenols is 1. The van der Waals surface area contributed by atoms with Gasteiger partial charge in [0.1, 0.15) is 5.75 Å². The number of hydrogen-bond acceptors (Lipinski definition) is 2. The van der Waals surface area contributed by atoms with E-state index in [-0.39, 0.29) is 11.7 Å². The third-order valence-electron chi connectivity index (χ3n) is 3.06. The summed E-state index contributed by atoms with van der Waals surface area (Å²) in [5.74, 6) is 0.265. The molecule has 0 spiro atoms. The highest BCUT2D eigenvalue weighted by atomic mass is 16.3. The first-order valence-electron chi connectivity index (χ1n) is 5.96. The number of fused-ring (bicyclic) bond motifs is 1. The number of aryl methyl sites for hydroxylation is 1. The SMILES string of the molecule is C=CCCC(=O)N1CCCc2cccc(O)c21. The van der Waals surface area contributed by atoms with Crippen LogP contribution >= 0.6 is 0 Å². The van der Waals surface area contributed by atoms with Crippen molar-refractivity contribution in [1.29, 1.82) is 0 Å². The maximum atomic E-state index is 12.0. The average molecular weight is 231 g/mol. The zero-order valence-electron chi connectivity index (χ0n) is 9.85. The van der Waals surface area contributed by atoms with Gasteiger partial charge in [0.05, 0.1) is 5.69 Å². The number of hydrogen-bond donors (Lipinski definition) is 1. The molecule has 1 aromatic carbocycles. The molecular formula is C14H17NO2. The lowest BCUT2D eigenvalue weighted by atomic mass is 10.0. The Kier molecular flexibility index (Phi) is 3.47. The number of rotatable bonds is 3. The van der Waals surface area contributed by atoms with Crippen LogP contribution in [0.1, 0.15) is 24.8 Å². The summed E-state index contributed by atoms with van der Waals surface area (Å²) in [6, 6.07) is 5.44. The van der Waals surface area contributed by atoms with Gasteiger partial charge in [-0.2, -0.15) is 0 Å². The van der Waals surface area contributed by atoms with Gasteiger partial charge in [0, 0.05) is 13.0 Å². The molecule has 1 amide bonds. The molecule has 0 fully saturated rings. The van der Waals surface area contributed by atoms with Crippen LogP contribution in [0.25, 0.3) is 0 Å². The van der Waals surface area contributed by atoms with Crippen molar-refractivity contribution >= 4 is 11.6 Å². The van der Waals surface area contributed by atoms with E-state index in [1.165, 1.54) is 0 Å². The van der Waals surface area contributed by atoms with Gasteiger partial charge in [-0.3, -0.25) is 4.79 Å². The summed E-state index contributed by atoms with van der Waals surface area (Å²) >= 11 is 0. The van der Waals surface area contributed by atoms with Gasteiger partial charge < -0.3 is 10.0 Å². The Bertz CT molecular complexity index is 440. The van der Waals surface area contributed by atoms with Crippen molar-refractivity contribution in [2.24, 2.45) is 0 Å². The van der Waals surface area contributed by atoms with E-state index in [4.69, 9.17) is 0 Å². The first kappa shape index (κ1) is 11.7. The topological polar surface area (TPSA) is 40.5 Å². The minimum Gasteiger partial charge on any atom is -0.506 e. The molecule has 1 heterocycles. The smallest absolute Gasteiger partial charge is 0.227 e. The van der Waals surface area contributed by atoms with Crippen molar-refractivity contribution in [2.45, 2.75) is 25.7 Å². The molecular weight excluding hydrogens is 214 g/mol. The maximum absolute atomic E-state index is 12.0. The van der Waals surface area contributed by atoms with Gasteiger partial charge in [-0.1, -0.05) is 18.2 Å². The second-order valence-corrected chi connectivity index (χ2v) is 4.26.